The Kier molecular flexibility index (Phi) is 8.00. The molecule has 0 fully saturated rings. The van der Waals surface area contributed by atoms with Gasteiger partial charge in [-0.05, 0) is 73.7 Å². The number of methoxy groups -OCH3 is 1. The first kappa shape index (κ1) is 23.0. The van der Waals surface area contributed by atoms with E-state index in [1.165, 1.54) is 0 Å². The van der Waals surface area contributed by atoms with E-state index >= 15 is 0 Å². The van der Waals surface area contributed by atoms with Crippen LogP contribution in [-0.2, 0) is 4.79 Å². The third-order valence-corrected chi connectivity index (χ3v) is 5.04. The SMILES string of the molecule is COc1ccc(C(=O)N/C(=C\c2cccc3ccccc23)C(=O)NCCCN(C)C)cc1. The molecule has 0 spiro atoms. The molecule has 0 aliphatic heterocycles. The van der Waals surface area contributed by atoms with Gasteiger partial charge in [0, 0.05) is 12.1 Å². The van der Waals surface area contributed by atoms with E-state index in [0.717, 1.165) is 29.3 Å². The number of hydrogen-bond acceptors (Lipinski definition) is 4. The molecule has 3 rings (SSSR count). The van der Waals surface area contributed by atoms with Gasteiger partial charge in [-0.2, -0.15) is 0 Å². The molecule has 6 heteroatoms. The molecule has 2 amide bonds. The van der Waals surface area contributed by atoms with Crippen molar-refractivity contribution in [2.24, 2.45) is 0 Å². The lowest BCUT2D eigenvalue weighted by molar-refractivity contribution is -0.117. The van der Waals surface area contributed by atoms with Crippen molar-refractivity contribution in [1.29, 1.82) is 0 Å². The predicted octanol–water partition coefficient (Wildman–Crippen LogP) is 3.69. The number of ether oxygens (including phenoxy) is 1. The van der Waals surface area contributed by atoms with Gasteiger partial charge in [-0.1, -0.05) is 42.5 Å². The third kappa shape index (κ3) is 6.18. The standard InChI is InChI=1S/C26H29N3O3/c1-29(2)17-7-16-27-26(31)24(28-25(30)20-12-14-22(32-3)15-13-20)18-21-10-6-9-19-8-4-5-11-23(19)21/h4-6,8-15,18H,7,16-17H2,1-3H3,(H,27,31)(H,28,30)/b24-18-. The molecular formula is C26H29N3O3. The summed E-state index contributed by atoms with van der Waals surface area (Å²) in [6, 6.07) is 20.6. The average molecular weight is 432 g/mol. The van der Waals surface area contributed by atoms with Gasteiger partial charge in [0.2, 0.25) is 0 Å². The zero-order chi connectivity index (χ0) is 22.9. The average Bonchev–Trinajstić information content (AvgIpc) is 2.81. The number of benzene rings is 3. The number of amides is 2. The molecule has 0 saturated heterocycles. The van der Waals surface area contributed by atoms with Gasteiger partial charge in [0.25, 0.3) is 11.8 Å². The summed E-state index contributed by atoms with van der Waals surface area (Å²) in [5.41, 5.74) is 1.50. The minimum atomic E-state index is -0.359. The zero-order valence-electron chi connectivity index (χ0n) is 18.7. The van der Waals surface area contributed by atoms with Crippen molar-refractivity contribution in [1.82, 2.24) is 15.5 Å². The molecule has 0 aliphatic rings. The first-order valence-electron chi connectivity index (χ1n) is 10.6. The Labute approximate surface area is 188 Å². The lowest BCUT2D eigenvalue weighted by Crippen LogP contribution is -2.36. The first-order chi connectivity index (χ1) is 15.5. The topological polar surface area (TPSA) is 70.7 Å². The van der Waals surface area contributed by atoms with Crippen LogP contribution in [0.5, 0.6) is 5.75 Å². The van der Waals surface area contributed by atoms with Gasteiger partial charge < -0.3 is 20.3 Å². The molecule has 0 aromatic heterocycles. The van der Waals surface area contributed by atoms with Gasteiger partial charge in [0.05, 0.1) is 7.11 Å². The van der Waals surface area contributed by atoms with Crippen LogP contribution >= 0.6 is 0 Å². The van der Waals surface area contributed by atoms with Gasteiger partial charge in [0.15, 0.2) is 0 Å². The number of carbonyl (C=O) groups is 2. The van der Waals surface area contributed by atoms with Crippen LogP contribution in [0.15, 0.2) is 72.4 Å². The number of nitrogens with zero attached hydrogens (tertiary/aromatic N) is 1. The predicted molar refractivity (Wildman–Crippen MR) is 129 cm³/mol. The molecule has 32 heavy (non-hydrogen) atoms. The Bertz CT molecular complexity index is 1100. The van der Waals surface area contributed by atoms with Crippen LogP contribution in [0.3, 0.4) is 0 Å². The first-order valence-corrected chi connectivity index (χ1v) is 10.6. The molecule has 0 unspecified atom stereocenters. The van der Waals surface area contributed by atoms with E-state index in [-0.39, 0.29) is 17.5 Å². The number of fused-ring (bicyclic) bond motifs is 1. The van der Waals surface area contributed by atoms with Gasteiger partial charge in [-0.3, -0.25) is 9.59 Å². The van der Waals surface area contributed by atoms with E-state index in [9.17, 15) is 9.59 Å². The van der Waals surface area contributed by atoms with Crippen molar-refractivity contribution in [3.8, 4) is 5.75 Å². The van der Waals surface area contributed by atoms with E-state index in [1.807, 2.05) is 56.6 Å². The second kappa shape index (κ2) is 11.1. The van der Waals surface area contributed by atoms with E-state index < -0.39 is 0 Å². The largest absolute Gasteiger partial charge is 0.497 e. The van der Waals surface area contributed by atoms with Crippen molar-refractivity contribution in [3.05, 3.63) is 83.6 Å². The Morgan fingerprint density at radius 2 is 1.69 bits per heavy atom. The normalized spacial score (nSPS) is 11.4. The van der Waals surface area contributed by atoms with Crippen LogP contribution in [-0.4, -0.2) is 51.0 Å². The molecule has 166 valence electrons. The second-order valence-electron chi connectivity index (χ2n) is 7.72. The summed E-state index contributed by atoms with van der Waals surface area (Å²) in [7, 11) is 5.55. The number of carbonyl (C=O) groups excluding carboxylic acids is 2. The second-order valence-corrected chi connectivity index (χ2v) is 7.72. The lowest BCUT2D eigenvalue weighted by Gasteiger charge is -2.13. The Morgan fingerprint density at radius 3 is 2.41 bits per heavy atom. The van der Waals surface area contributed by atoms with Crippen molar-refractivity contribution >= 4 is 28.7 Å². The summed E-state index contributed by atoms with van der Waals surface area (Å²) < 4.78 is 5.15. The number of rotatable bonds is 9. The summed E-state index contributed by atoms with van der Waals surface area (Å²) in [6.07, 6.45) is 2.54. The fourth-order valence-electron chi connectivity index (χ4n) is 3.32. The minimum Gasteiger partial charge on any atom is -0.497 e. The monoisotopic (exact) mass is 431 g/mol. The van der Waals surface area contributed by atoms with Crippen LogP contribution in [0.25, 0.3) is 16.8 Å². The highest BCUT2D eigenvalue weighted by atomic mass is 16.5. The van der Waals surface area contributed by atoms with E-state index in [1.54, 1.807) is 37.5 Å². The highest BCUT2D eigenvalue weighted by Gasteiger charge is 2.15. The maximum atomic E-state index is 13.0. The Balaban J connectivity index is 1.87. The lowest BCUT2D eigenvalue weighted by atomic mass is 10.0. The van der Waals surface area contributed by atoms with E-state index in [2.05, 4.69) is 15.5 Å². The Morgan fingerprint density at radius 1 is 0.969 bits per heavy atom. The molecule has 6 nitrogen and oxygen atoms in total. The third-order valence-electron chi connectivity index (χ3n) is 5.04. The number of nitrogens with one attached hydrogen (secondary N) is 2. The summed E-state index contributed by atoms with van der Waals surface area (Å²) in [6.45, 7) is 1.38. The van der Waals surface area contributed by atoms with Crippen LogP contribution in [0.1, 0.15) is 22.3 Å². The molecule has 2 N–H and O–H groups in total. The van der Waals surface area contributed by atoms with Crippen molar-refractivity contribution in [2.45, 2.75) is 6.42 Å². The van der Waals surface area contributed by atoms with E-state index in [4.69, 9.17) is 4.74 Å². The summed E-state index contributed by atoms with van der Waals surface area (Å²) in [5, 5.41) is 7.77. The van der Waals surface area contributed by atoms with Gasteiger partial charge in [0.1, 0.15) is 11.4 Å². The summed E-state index contributed by atoms with van der Waals surface area (Å²) in [4.78, 5) is 27.9. The smallest absolute Gasteiger partial charge is 0.267 e. The minimum absolute atomic E-state index is 0.201. The maximum absolute atomic E-state index is 13.0. The van der Waals surface area contributed by atoms with Gasteiger partial charge in [-0.15, -0.1) is 0 Å². The van der Waals surface area contributed by atoms with Crippen molar-refractivity contribution in [2.75, 3.05) is 34.3 Å². The molecule has 0 radical (unpaired) electrons. The van der Waals surface area contributed by atoms with Crippen LogP contribution in [0, 0.1) is 0 Å². The molecule has 3 aromatic carbocycles. The molecule has 0 heterocycles. The molecule has 0 atom stereocenters. The molecule has 3 aromatic rings. The molecular weight excluding hydrogens is 402 g/mol. The van der Waals surface area contributed by atoms with Crippen LogP contribution in [0.4, 0.5) is 0 Å². The number of hydrogen-bond donors (Lipinski definition) is 2. The zero-order valence-corrected chi connectivity index (χ0v) is 18.7. The van der Waals surface area contributed by atoms with Gasteiger partial charge >= 0.3 is 0 Å². The fourth-order valence-corrected chi connectivity index (χ4v) is 3.32. The molecule has 0 saturated carbocycles. The van der Waals surface area contributed by atoms with Crippen molar-refractivity contribution in [3.63, 3.8) is 0 Å². The summed E-state index contributed by atoms with van der Waals surface area (Å²) in [5.74, 6) is -0.0205. The summed E-state index contributed by atoms with van der Waals surface area (Å²) >= 11 is 0. The van der Waals surface area contributed by atoms with E-state index in [0.29, 0.717) is 17.9 Å². The molecule has 0 bridgehead atoms. The van der Waals surface area contributed by atoms with Gasteiger partial charge in [-0.25, -0.2) is 0 Å². The molecule has 0 aliphatic carbocycles. The highest BCUT2D eigenvalue weighted by Crippen LogP contribution is 2.21. The highest BCUT2D eigenvalue weighted by molar-refractivity contribution is 6.06. The quantitative estimate of drug-likeness (QED) is 0.401. The van der Waals surface area contributed by atoms with Crippen LogP contribution < -0.4 is 15.4 Å². The van der Waals surface area contributed by atoms with Crippen LogP contribution in [0.2, 0.25) is 0 Å². The Hall–Kier alpha value is -3.64. The maximum Gasteiger partial charge on any atom is 0.267 e. The van der Waals surface area contributed by atoms with Crippen molar-refractivity contribution < 1.29 is 14.3 Å². The fraction of sp³-hybridized carbons (Fsp3) is 0.231.